The molecule has 0 aromatic carbocycles. The van der Waals surface area contributed by atoms with Crippen LogP contribution in [0.1, 0.15) is 101 Å². The molecule has 184 valence electrons. The van der Waals surface area contributed by atoms with Crippen LogP contribution in [0.2, 0.25) is 0 Å². The third-order valence-electron chi connectivity index (χ3n) is 6.41. The zero-order chi connectivity index (χ0) is 24.7. The minimum absolute atomic E-state index is 0.0239. The molecule has 1 saturated carbocycles. The lowest BCUT2D eigenvalue weighted by Gasteiger charge is -2.37. The van der Waals surface area contributed by atoms with Crippen molar-refractivity contribution in [2.75, 3.05) is 6.61 Å². The van der Waals surface area contributed by atoms with E-state index in [1.54, 1.807) is 20.8 Å². The summed E-state index contributed by atoms with van der Waals surface area (Å²) in [5.41, 5.74) is -0.788. The van der Waals surface area contributed by atoms with Gasteiger partial charge in [-0.15, -0.1) is 0 Å². The number of alkyl halides is 3. The van der Waals surface area contributed by atoms with Crippen molar-refractivity contribution in [3.05, 3.63) is 0 Å². The van der Waals surface area contributed by atoms with Crippen LogP contribution in [0.4, 0.5) is 13.2 Å². The SMILES string of the molecule is CCC(C)(C)C(=O)OC1CCC(C(C)(C)C)CC1.CCC(C)(C)C(=O)OCC(F)(F)F. The molecule has 1 rings (SSSR count). The Balaban J connectivity index is 0.000000615. The summed E-state index contributed by atoms with van der Waals surface area (Å²) in [6, 6.07) is 0. The fourth-order valence-electron chi connectivity index (χ4n) is 2.99. The van der Waals surface area contributed by atoms with Crippen molar-refractivity contribution in [1.82, 2.24) is 0 Å². The van der Waals surface area contributed by atoms with E-state index in [9.17, 15) is 22.8 Å². The van der Waals surface area contributed by atoms with Gasteiger partial charge in [0.2, 0.25) is 0 Å². The van der Waals surface area contributed by atoms with E-state index in [2.05, 4.69) is 25.5 Å². The predicted molar refractivity (Wildman–Crippen MR) is 116 cm³/mol. The third-order valence-corrected chi connectivity index (χ3v) is 6.41. The van der Waals surface area contributed by atoms with Crippen molar-refractivity contribution in [3.8, 4) is 0 Å². The molecule has 0 spiro atoms. The highest BCUT2D eigenvalue weighted by Crippen LogP contribution is 2.39. The highest BCUT2D eigenvalue weighted by Gasteiger charge is 2.35. The summed E-state index contributed by atoms with van der Waals surface area (Å²) >= 11 is 0. The topological polar surface area (TPSA) is 52.6 Å². The molecule has 0 bridgehead atoms. The Morgan fingerprint density at radius 3 is 1.55 bits per heavy atom. The summed E-state index contributed by atoms with van der Waals surface area (Å²) in [5.74, 6) is -0.0665. The standard InChI is InChI=1S/C16H30O2.C8H13F3O2/c1-7-16(5,6)14(17)18-13-10-8-12(9-11-13)15(2,3)4;1-4-7(2,3)6(12)13-5-8(9,10)11/h12-13H,7-11H2,1-6H3;4-5H2,1-3H3. The van der Waals surface area contributed by atoms with Gasteiger partial charge >= 0.3 is 18.1 Å². The van der Waals surface area contributed by atoms with E-state index in [0.717, 1.165) is 25.2 Å². The molecule has 0 saturated heterocycles. The molecular weight excluding hydrogens is 409 g/mol. The molecular formula is C24H43F3O4. The molecule has 0 amide bonds. The molecule has 1 aliphatic carbocycles. The highest BCUT2D eigenvalue weighted by molar-refractivity contribution is 5.76. The largest absolute Gasteiger partial charge is 0.462 e. The molecule has 0 aromatic heterocycles. The Labute approximate surface area is 186 Å². The third kappa shape index (κ3) is 11.2. The molecule has 1 aliphatic rings. The molecule has 31 heavy (non-hydrogen) atoms. The summed E-state index contributed by atoms with van der Waals surface area (Å²) in [6.45, 7) is 16.2. The summed E-state index contributed by atoms with van der Waals surface area (Å²) in [4.78, 5) is 23.0. The lowest BCUT2D eigenvalue weighted by molar-refractivity contribution is -0.192. The van der Waals surface area contributed by atoms with Crippen molar-refractivity contribution >= 4 is 11.9 Å². The quantitative estimate of drug-likeness (QED) is 0.403. The van der Waals surface area contributed by atoms with Gasteiger partial charge in [0.25, 0.3) is 0 Å². The number of carbonyl (C=O) groups is 2. The highest BCUT2D eigenvalue weighted by atomic mass is 19.4. The van der Waals surface area contributed by atoms with Gasteiger partial charge in [0, 0.05) is 0 Å². The van der Waals surface area contributed by atoms with Gasteiger partial charge in [0.05, 0.1) is 10.8 Å². The van der Waals surface area contributed by atoms with Gasteiger partial charge in [0.15, 0.2) is 6.61 Å². The predicted octanol–water partition coefficient (Wildman–Crippen LogP) is 7.10. The maximum absolute atomic E-state index is 12.0. The van der Waals surface area contributed by atoms with Crippen molar-refractivity contribution in [2.45, 2.75) is 113 Å². The number of halogens is 3. The first-order chi connectivity index (χ1) is 13.9. The number of hydrogen-bond donors (Lipinski definition) is 0. The van der Waals surface area contributed by atoms with Gasteiger partial charge in [-0.2, -0.15) is 13.2 Å². The Morgan fingerprint density at radius 2 is 1.19 bits per heavy atom. The van der Waals surface area contributed by atoms with Crippen molar-refractivity contribution in [2.24, 2.45) is 22.2 Å². The van der Waals surface area contributed by atoms with E-state index in [4.69, 9.17) is 4.74 Å². The van der Waals surface area contributed by atoms with E-state index in [1.807, 2.05) is 20.8 Å². The van der Waals surface area contributed by atoms with E-state index in [1.165, 1.54) is 12.8 Å². The average Bonchev–Trinajstić information content (AvgIpc) is 2.65. The van der Waals surface area contributed by atoms with Gasteiger partial charge in [-0.05, 0) is 77.6 Å². The zero-order valence-corrected chi connectivity index (χ0v) is 20.9. The number of carbonyl (C=O) groups excluding carboxylic acids is 2. The minimum Gasteiger partial charge on any atom is -0.462 e. The van der Waals surface area contributed by atoms with Crippen LogP contribution >= 0.6 is 0 Å². The maximum Gasteiger partial charge on any atom is 0.422 e. The summed E-state index contributed by atoms with van der Waals surface area (Å²) < 4.78 is 44.7. The molecule has 0 aromatic rings. The molecule has 0 unspecified atom stereocenters. The molecule has 0 heterocycles. The van der Waals surface area contributed by atoms with Crippen LogP contribution in [0.5, 0.6) is 0 Å². The number of hydrogen-bond acceptors (Lipinski definition) is 4. The van der Waals surface area contributed by atoms with Gasteiger partial charge in [-0.1, -0.05) is 34.6 Å². The molecule has 1 fully saturated rings. The molecule has 0 aliphatic heterocycles. The summed E-state index contributed by atoms with van der Waals surface area (Å²) in [7, 11) is 0. The van der Waals surface area contributed by atoms with Crippen molar-refractivity contribution in [1.29, 1.82) is 0 Å². The maximum atomic E-state index is 12.0. The number of rotatable bonds is 6. The van der Waals surface area contributed by atoms with Crippen LogP contribution in [-0.2, 0) is 19.1 Å². The van der Waals surface area contributed by atoms with Crippen LogP contribution in [-0.4, -0.2) is 30.8 Å². The molecule has 0 atom stereocenters. The van der Waals surface area contributed by atoms with E-state index in [0.29, 0.717) is 11.8 Å². The lowest BCUT2D eigenvalue weighted by atomic mass is 9.72. The normalized spacial score (nSPS) is 20.4. The first kappa shape index (κ1) is 29.7. The molecule has 0 radical (unpaired) electrons. The summed E-state index contributed by atoms with van der Waals surface area (Å²) in [6.07, 6.45) is 1.44. The van der Waals surface area contributed by atoms with Crippen LogP contribution in [0, 0.1) is 22.2 Å². The average molecular weight is 453 g/mol. The second-order valence-corrected chi connectivity index (χ2v) is 10.9. The van der Waals surface area contributed by atoms with E-state index in [-0.39, 0.29) is 17.5 Å². The minimum atomic E-state index is -4.44. The Morgan fingerprint density at radius 1 is 0.774 bits per heavy atom. The first-order valence-electron chi connectivity index (χ1n) is 11.3. The fraction of sp³-hybridized carbons (Fsp3) is 0.917. The number of ether oxygens (including phenoxy) is 2. The second-order valence-electron chi connectivity index (χ2n) is 10.9. The van der Waals surface area contributed by atoms with E-state index < -0.39 is 24.2 Å². The second kappa shape index (κ2) is 11.6. The van der Waals surface area contributed by atoms with Gasteiger partial charge in [0.1, 0.15) is 6.10 Å². The Hall–Kier alpha value is -1.27. The Kier molecular flexibility index (Phi) is 11.1. The van der Waals surface area contributed by atoms with Crippen molar-refractivity contribution in [3.63, 3.8) is 0 Å². The van der Waals surface area contributed by atoms with Gasteiger partial charge < -0.3 is 9.47 Å². The Bertz CT molecular complexity index is 566. The molecule has 4 nitrogen and oxygen atoms in total. The van der Waals surface area contributed by atoms with Crippen LogP contribution in [0.25, 0.3) is 0 Å². The van der Waals surface area contributed by atoms with Crippen LogP contribution < -0.4 is 0 Å². The summed E-state index contributed by atoms with van der Waals surface area (Å²) in [5, 5.41) is 0. The molecule has 0 N–H and O–H groups in total. The molecule has 7 heteroatoms. The smallest absolute Gasteiger partial charge is 0.422 e. The number of esters is 2. The first-order valence-corrected chi connectivity index (χ1v) is 11.3. The van der Waals surface area contributed by atoms with Gasteiger partial charge in [-0.3, -0.25) is 9.59 Å². The van der Waals surface area contributed by atoms with Crippen molar-refractivity contribution < 1.29 is 32.2 Å². The van der Waals surface area contributed by atoms with E-state index >= 15 is 0 Å². The van der Waals surface area contributed by atoms with Gasteiger partial charge in [-0.25, -0.2) is 0 Å². The van der Waals surface area contributed by atoms with Crippen LogP contribution in [0.15, 0.2) is 0 Å². The monoisotopic (exact) mass is 452 g/mol. The lowest BCUT2D eigenvalue weighted by Crippen LogP contribution is -2.34. The van der Waals surface area contributed by atoms with Crippen LogP contribution in [0.3, 0.4) is 0 Å². The fourth-order valence-corrected chi connectivity index (χ4v) is 2.99. The zero-order valence-electron chi connectivity index (χ0n) is 20.9.